The normalized spacial score (nSPS) is 21.3. The van der Waals surface area contributed by atoms with Crippen LogP contribution in [0.25, 0.3) is 0 Å². The smallest absolute Gasteiger partial charge is 0.306 e. The lowest BCUT2D eigenvalue weighted by Gasteiger charge is -2.39. The topological polar surface area (TPSA) is 52.6 Å². The van der Waals surface area contributed by atoms with Crippen LogP contribution in [-0.4, -0.2) is 32.3 Å². The predicted octanol–water partition coefficient (Wildman–Crippen LogP) is 7.24. The first-order valence-corrected chi connectivity index (χ1v) is 16.2. The molecular weight excluding hydrogens is 452 g/mol. The number of Topliss-reactive ketones (excluding diaryl/α,β-unsaturated/α-hetero) is 1. The van der Waals surface area contributed by atoms with E-state index in [1.165, 1.54) is 0 Å². The van der Waals surface area contributed by atoms with Gasteiger partial charge in [0.1, 0.15) is 11.9 Å². The maximum absolute atomic E-state index is 13.0. The van der Waals surface area contributed by atoms with E-state index in [2.05, 4.69) is 70.5 Å². The van der Waals surface area contributed by atoms with Crippen LogP contribution in [0, 0.1) is 35.5 Å². The molecule has 0 saturated heterocycles. The Hall–Kier alpha value is -1.82. The Labute approximate surface area is 216 Å². The Morgan fingerprint density at radius 2 is 1.83 bits per heavy atom. The zero-order chi connectivity index (χ0) is 26.5. The lowest BCUT2D eigenvalue weighted by Crippen LogP contribution is -2.45. The summed E-state index contributed by atoms with van der Waals surface area (Å²) in [6.45, 7) is 16.9. The van der Waals surface area contributed by atoms with Crippen molar-refractivity contribution in [2.75, 3.05) is 0 Å². The molecule has 1 rings (SSSR count). The van der Waals surface area contributed by atoms with Crippen LogP contribution in [0.3, 0.4) is 0 Å². The van der Waals surface area contributed by atoms with Gasteiger partial charge in [-0.2, -0.15) is 0 Å². The third kappa shape index (κ3) is 10.8. The van der Waals surface area contributed by atoms with Crippen molar-refractivity contribution in [1.82, 2.24) is 0 Å². The number of carbonyl (C=O) groups is 2. The number of rotatable bonds is 13. The van der Waals surface area contributed by atoms with Gasteiger partial charge in [-0.3, -0.25) is 9.59 Å². The predicted molar refractivity (Wildman–Crippen MR) is 147 cm³/mol. The van der Waals surface area contributed by atoms with E-state index in [0.717, 1.165) is 25.7 Å². The maximum atomic E-state index is 13.0. The van der Waals surface area contributed by atoms with Gasteiger partial charge >= 0.3 is 5.97 Å². The fourth-order valence-corrected chi connectivity index (χ4v) is 5.42. The van der Waals surface area contributed by atoms with Gasteiger partial charge in [-0.1, -0.05) is 46.6 Å². The maximum Gasteiger partial charge on any atom is 0.306 e. The molecule has 0 radical (unpaired) electrons. The van der Waals surface area contributed by atoms with E-state index in [-0.39, 0.29) is 40.8 Å². The lowest BCUT2D eigenvalue weighted by molar-refractivity contribution is -0.147. The molecule has 4 atom stereocenters. The third-order valence-corrected chi connectivity index (χ3v) is 11.7. The summed E-state index contributed by atoms with van der Waals surface area (Å²) in [5.41, 5.74) is 0. The van der Waals surface area contributed by atoms with Gasteiger partial charge in [0.25, 0.3) is 0 Å². The van der Waals surface area contributed by atoms with Crippen molar-refractivity contribution in [2.24, 2.45) is 11.8 Å². The van der Waals surface area contributed by atoms with Crippen LogP contribution in [0.15, 0.2) is 12.2 Å². The third-order valence-electron chi connectivity index (χ3n) is 7.24. The Bertz CT molecular complexity index is 828. The Balaban J connectivity index is 3.08. The van der Waals surface area contributed by atoms with Crippen molar-refractivity contribution in [3.05, 3.63) is 12.2 Å². The molecule has 4 nitrogen and oxygen atoms in total. The van der Waals surface area contributed by atoms with Crippen molar-refractivity contribution < 1.29 is 18.8 Å². The van der Waals surface area contributed by atoms with E-state index in [1.807, 2.05) is 19.9 Å². The van der Waals surface area contributed by atoms with Gasteiger partial charge in [0.05, 0.1) is 6.10 Å². The fraction of sp³-hybridized carbons (Fsp3) is 0.733. The highest BCUT2D eigenvalue weighted by atomic mass is 28.4. The highest BCUT2D eigenvalue weighted by Gasteiger charge is 2.46. The minimum absolute atomic E-state index is 0.0512. The van der Waals surface area contributed by atoms with Crippen molar-refractivity contribution in [2.45, 2.75) is 130 Å². The van der Waals surface area contributed by atoms with Crippen LogP contribution in [0.5, 0.6) is 0 Å². The van der Waals surface area contributed by atoms with Crippen LogP contribution in [-0.2, 0) is 18.8 Å². The van der Waals surface area contributed by atoms with Gasteiger partial charge in [-0.15, -0.1) is 23.7 Å². The van der Waals surface area contributed by atoms with Gasteiger partial charge in [-0.05, 0) is 57.3 Å². The van der Waals surface area contributed by atoms with E-state index in [4.69, 9.17) is 9.16 Å². The molecule has 0 unspecified atom stereocenters. The van der Waals surface area contributed by atoms with Crippen LogP contribution in [0.1, 0.15) is 99.3 Å². The first kappa shape index (κ1) is 31.2. The number of ether oxygens (including phenoxy) is 1. The molecule has 0 spiro atoms. The molecule has 1 aliphatic carbocycles. The second-order valence-electron chi connectivity index (χ2n) is 11.1. The van der Waals surface area contributed by atoms with E-state index < -0.39 is 8.32 Å². The van der Waals surface area contributed by atoms with Crippen molar-refractivity contribution in [1.29, 1.82) is 0 Å². The summed E-state index contributed by atoms with van der Waals surface area (Å²) in [6.07, 6.45) is 10.4. The molecule has 0 N–H and O–H groups in total. The minimum atomic E-state index is -2.05. The molecule has 0 aromatic heterocycles. The van der Waals surface area contributed by atoms with E-state index in [0.29, 0.717) is 32.1 Å². The van der Waals surface area contributed by atoms with Gasteiger partial charge < -0.3 is 9.16 Å². The SMILES string of the molecule is CC#CCCCC(=O)O[C@@H](/C=C/[C@H]1[C@H](O[Si](C)(C)C(C)(C)C)CC(=O)[C@@H]1CC#CC)CCCCC. The highest BCUT2D eigenvalue weighted by molar-refractivity contribution is 6.74. The second-order valence-corrected chi connectivity index (χ2v) is 15.8. The Kier molecular flexibility index (Phi) is 13.7. The first-order valence-electron chi connectivity index (χ1n) is 13.3. The van der Waals surface area contributed by atoms with E-state index >= 15 is 0 Å². The number of hydrogen-bond donors (Lipinski definition) is 0. The largest absolute Gasteiger partial charge is 0.458 e. The molecule has 0 aromatic rings. The molecule has 0 amide bonds. The van der Waals surface area contributed by atoms with Crippen LogP contribution >= 0.6 is 0 Å². The second kappa shape index (κ2) is 15.3. The van der Waals surface area contributed by atoms with Crippen molar-refractivity contribution in [3.63, 3.8) is 0 Å². The molecular formula is C30H48O4Si. The van der Waals surface area contributed by atoms with Gasteiger partial charge in [0, 0.05) is 37.5 Å². The summed E-state index contributed by atoms with van der Waals surface area (Å²) in [5, 5.41) is 0.0615. The number of hydrogen-bond acceptors (Lipinski definition) is 4. The summed E-state index contributed by atoms with van der Waals surface area (Å²) >= 11 is 0. The minimum Gasteiger partial charge on any atom is -0.458 e. The molecule has 196 valence electrons. The molecule has 0 aliphatic heterocycles. The Morgan fingerprint density at radius 1 is 1.14 bits per heavy atom. The molecule has 0 heterocycles. The van der Waals surface area contributed by atoms with Gasteiger partial charge in [0.2, 0.25) is 0 Å². The quantitative estimate of drug-likeness (QED) is 0.0879. The summed E-state index contributed by atoms with van der Waals surface area (Å²) in [5.74, 6) is 11.7. The van der Waals surface area contributed by atoms with Crippen LogP contribution in [0.2, 0.25) is 18.1 Å². The van der Waals surface area contributed by atoms with Gasteiger partial charge in [0.15, 0.2) is 8.32 Å². The van der Waals surface area contributed by atoms with Crippen LogP contribution < -0.4 is 0 Å². The Morgan fingerprint density at radius 3 is 2.43 bits per heavy atom. The standard InChI is InChI=1S/C30H48O4Si/c1-9-12-15-17-20-29(32)33-24(18-16-13-10-2)21-22-26-25(19-14-11-3)27(31)23-28(26)34-35(7,8)30(4,5)6/h21-22,24-26,28H,10,13,15-20,23H2,1-8H3/b22-21+/t24-,25-,26-,28-/m1/s1. The first-order chi connectivity index (χ1) is 16.5. The molecule has 0 bridgehead atoms. The zero-order valence-electron chi connectivity index (χ0n) is 23.5. The molecule has 35 heavy (non-hydrogen) atoms. The number of carbonyl (C=O) groups excluding carboxylic acids is 2. The summed E-state index contributed by atoms with van der Waals surface area (Å²) < 4.78 is 12.6. The number of unbranched alkanes of at least 4 members (excludes halogenated alkanes) is 3. The number of esters is 1. The monoisotopic (exact) mass is 500 g/mol. The lowest BCUT2D eigenvalue weighted by atomic mass is 9.90. The average Bonchev–Trinajstić information content (AvgIpc) is 3.05. The van der Waals surface area contributed by atoms with Crippen molar-refractivity contribution >= 4 is 20.1 Å². The van der Waals surface area contributed by atoms with Crippen molar-refractivity contribution in [3.8, 4) is 23.7 Å². The fourth-order valence-electron chi connectivity index (χ4n) is 4.07. The number of ketones is 1. The summed E-state index contributed by atoms with van der Waals surface area (Å²) in [7, 11) is -2.05. The highest BCUT2D eigenvalue weighted by Crippen LogP contribution is 2.42. The molecule has 1 saturated carbocycles. The molecule has 0 aromatic carbocycles. The van der Waals surface area contributed by atoms with E-state index in [1.54, 1.807) is 0 Å². The summed E-state index contributed by atoms with van der Waals surface area (Å²) in [4.78, 5) is 25.4. The molecule has 1 aliphatic rings. The van der Waals surface area contributed by atoms with E-state index in [9.17, 15) is 9.59 Å². The molecule has 1 fully saturated rings. The summed E-state index contributed by atoms with van der Waals surface area (Å²) in [6, 6.07) is 0. The zero-order valence-corrected chi connectivity index (χ0v) is 24.5. The molecule has 5 heteroatoms. The average molecular weight is 501 g/mol. The van der Waals surface area contributed by atoms with Crippen LogP contribution in [0.4, 0.5) is 0 Å². The van der Waals surface area contributed by atoms with Gasteiger partial charge in [-0.25, -0.2) is 0 Å².